The molecule has 0 aliphatic carbocycles. The van der Waals surface area contributed by atoms with E-state index in [9.17, 15) is 0 Å². The summed E-state index contributed by atoms with van der Waals surface area (Å²) in [7, 11) is 0. The third-order valence-corrected chi connectivity index (χ3v) is 10.8. The van der Waals surface area contributed by atoms with E-state index in [0.717, 1.165) is 50.3 Å². The summed E-state index contributed by atoms with van der Waals surface area (Å²) in [6, 6.07) is 68.7. The molecular formula is C54H38N4. The monoisotopic (exact) mass is 742 g/mol. The summed E-state index contributed by atoms with van der Waals surface area (Å²) in [6.07, 6.45) is 0. The first-order valence-electron chi connectivity index (χ1n) is 19.6. The molecule has 0 unspecified atom stereocenters. The van der Waals surface area contributed by atoms with E-state index in [1.54, 1.807) is 0 Å². The lowest BCUT2D eigenvalue weighted by atomic mass is 9.89. The minimum absolute atomic E-state index is 0.622. The molecule has 0 N–H and O–H groups in total. The molecule has 2 aromatic heterocycles. The SMILES string of the molecule is Cc1cc(-c2ccc(-c3ccc(-c4cc(-c5nc(-c6ccccc6)nc(-c6ccccc6)n5)cc(-c5c6ccccc6cc6ccccc56)c4)cc3)cc2)cc(C)n1. The highest BCUT2D eigenvalue weighted by molar-refractivity contribution is 6.13. The Morgan fingerprint density at radius 3 is 1.10 bits per heavy atom. The van der Waals surface area contributed by atoms with E-state index in [-0.39, 0.29) is 0 Å². The zero-order valence-corrected chi connectivity index (χ0v) is 32.3. The normalized spacial score (nSPS) is 11.3. The molecule has 274 valence electrons. The number of pyridine rings is 1. The lowest BCUT2D eigenvalue weighted by Crippen LogP contribution is -2.00. The minimum atomic E-state index is 0.622. The van der Waals surface area contributed by atoms with Gasteiger partial charge in [-0.15, -0.1) is 0 Å². The largest absolute Gasteiger partial charge is 0.258 e. The fourth-order valence-corrected chi connectivity index (χ4v) is 8.04. The summed E-state index contributed by atoms with van der Waals surface area (Å²) in [6.45, 7) is 4.09. The summed E-state index contributed by atoms with van der Waals surface area (Å²) < 4.78 is 0. The standard InChI is InChI=1S/C54H38N4/c1-35-29-45(30-36(2)55-35)39-25-21-37(22-26-39)38-23-27-40(28-24-38)46-32-47(51-49-19-11-9-17-43(49)31-44-18-10-12-20-50(44)51)34-48(33-46)54-57-52(41-13-5-3-6-14-41)56-53(58-54)42-15-7-4-8-16-42/h3-34H,1-2H3. The number of aryl methyl sites for hydroxylation is 2. The molecule has 8 aromatic carbocycles. The van der Waals surface area contributed by atoms with Crippen LogP contribution in [0.5, 0.6) is 0 Å². The summed E-state index contributed by atoms with van der Waals surface area (Å²) in [5, 5.41) is 4.80. The molecule has 4 nitrogen and oxygen atoms in total. The van der Waals surface area contributed by atoms with E-state index in [1.807, 2.05) is 74.5 Å². The van der Waals surface area contributed by atoms with Crippen LogP contribution in [0, 0.1) is 13.8 Å². The van der Waals surface area contributed by atoms with E-state index in [2.05, 4.69) is 138 Å². The highest BCUT2D eigenvalue weighted by Gasteiger charge is 2.17. The first kappa shape index (κ1) is 34.9. The molecule has 0 saturated heterocycles. The predicted octanol–water partition coefficient (Wildman–Crippen LogP) is 13.9. The van der Waals surface area contributed by atoms with Gasteiger partial charge in [-0.05, 0) is 116 Å². The van der Waals surface area contributed by atoms with Crippen LogP contribution in [0.2, 0.25) is 0 Å². The number of hydrogen-bond donors (Lipinski definition) is 0. The highest BCUT2D eigenvalue weighted by atomic mass is 15.0. The van der Waals surface area contributed by atoms with Gasteiger partial charge in [0.1, 0.15) is 0 Å². The van der Waals surface area contributed by atoms with Crippen LogP contribution < -0.4 is 0 Å². The number of nitrogens with zero attached hydrogens (tertiary/aromatic N) is 4. The first-order valence-corrected chi connectivity index (χ1v) is 19.6. The van der Waals surface area contributed by atoms with E-state index >= 15 is 0 Å². The van der Waals surface area contributed by atoms with Crippen molar-refractivity contribution in [2.24, 2.45) is 0 Å². The Kier molecular flexibility index (Phi) is 8.92. The Labute approximate surface area is 338 Å². The molecule has 0 fully saturated rings. The van der Waals surface area contributed by atoms with Crippen molar-refractivity contribution >= 4 is 21.5 Å². The van der Waals surface area contributed by atoms with Crippen LogP contribution in [0.3, 0.4) is 0 Å². The van der Waals surface area contributed by atoms with Gasteiger partial charge >= 0.3 is 0 Å². The van der Waals surface area contributed by atoms with Crippen LogP contribution in [-0.2, 0) is 0 Å². The van der Waals surface area contributed by atoms with Crippen LogP contribution in [0.4, 0.5) is 0 Å². The number of aromatic nitrogens is 4. The second-order valence-electron chi connectivity index (χ2n) is 14.8. The molecule has 0 saturated carbocycles. The Balaban J connectivity index is 1.14. The molecule has 0 amide bonds. The van der Waals surface area contributed by atoms with Crippen LogP contribution in [0.1, 0.15) is 11.4 Å². The molecule has 2 heterocycles. The molecule has 0 radical (unpaired) electrons. The summed E-state index contributed by atoms with van der Waals surface area (Å²) >= 11 is 0. The third kappa shape index (κ3) is 6.82. The van der Waals surface area contributed by atoms with E-state index in [1.165, 1.54) is 43.8 Å². The lowest BCUT2D eigenvalue weighted by molar-refractivity contribution is 1.07. The number of benzene rings is 8. The maximum absolute atomic E-state index is 5.16. The zero-order chi connectivity index (χ0) is 39.0. The lowest BCUT2D eigenvalue weighted by Gasteiger charge is -2.16. The van der Waals surface area contributed by atoms with Gasteiger partial charge in [0.2, 0.25) is 0 Å². The fourth-order valence-electron chi connectivity index (χ4n) is 8.04. The van der Waals surface area contributed by atoms with E-state index in [4.69, 9.17) is 15.0 Å². The Morgan fingerprint density at radius 2 is 0.621 bits per heavy atom. The molecule has 0 aliphatic rings. The van der Waals surface area contributed by atoms with Crippen molar-refractivity contribution in [3.8, 4) is 78.7 Å². The summed E-state index contributed by atoms with van der Waals surface area (Å²) in [4.78, 5) is 19.9. The predicted molar refractivity (Wildman–Crippen MR) is 240 cm³/mol. The van der Waals surface area contributed by atoms with Crippen molar-refractivity contribution in [1.29, 1.82) is 0 Å². The van der Waals surface area contributed by atoms with Gasteiger partial charge in [-0.2, -0.15) is 0 Å². The zero-order valence-electron chi connectivity index (χ0n) is 32.3. The van der Waals surface area contributed by atoms with Crippen molar-refractivity contribution in [3.63, 3.8) is 0 Å². The molecule has 0 bridgehead atoms. The summed E-state index contributed by atoms with van der Waals surface area (Å²) in [5.74, 6) is 1.89. The van der Waals surface area contributed by atoms with Gasteiger partial charge in [-0.25, -0.2) is 15.0 Å². The number of hydrogen-bond acceptors (Lipinski definition) is 4. The maximum Gasteiger partial charge on any atom is 0.164 e. The quantitative estimate of drug-likeness (QED) is 0.153. The van der Waals surface area contributed by atoms with Gasteiger partial charge in [0, 0.05) is 28.1 Å². The third-order valence-electron chi connectivity index (χ3n) is 10.8. The molecule has 4 heteroatoms. The minimum Gasteiger partial charge on any atom is -0.258 e. The number of rotatable bonds is 7. The van der Waals surface area contributed by atoms with Crippen molar-refractivity contribution in [1.82, 2.24) is 19.9 Å². The van der Waals surface area contributed by atoms with Crippen LogP contribution in [0.25, 0.3) is 100 Å². The Bertz CT molecular complexity index is 2970. The van der Waals surface area contributed by atoms with Gasteiger partial charge < -0.3 is 0 Å². The second-order valence-corrected chi connectivity index (χ2v) is 14.8. The van der Waals surface area contributed by atoms with Gasteiger partial charge in [-0.3, -0.25) is 4.98 Å². The van der Waals surface area contributed by atoms with E-state index < -0.39 is 0 Å². The van der Waals surface area contributed by atoms with Gasteiger partial charge in [-0.1, -0.05) is 158 Å². The number of fused-ring (bicyclic) bond motifs is 2. The maximum atomic E-state index is 5.16. The van der Waals surface area contributed by atoms with E-state index in [0.29, 0.717) is 17.5 Å². The smallest absolute Gasteiger partial charge is 0.164 e. The van der Waals surface area contributed by atoms with Crippen LogP contribution >= 0.6 is 0 Å². The van der Waals surface area contributed by atoms with Gasteiger partial charge in [0.25, 0.3) is 0 Å². The molecule has 10 rings (SSSR count). The van der Waals surface area contributed by atoms with Gasteiger partial charge in [0.05, 0.1) is 0 Å². The Morgan fingerprint density at radius 1 is 0.259 bits per heavy atom. The highest BCUT2D eigenvalue weighted by Crippen LogP contribution is 2.40. The van der Waals surface area contributed by atoms with Crippen LogP contribution in [-0.4, -0.2) is 19.9 Å². The average Bonchev–Trinajstić information content (AvgIpc) is 3.28. The molecular weight excluding hydrogens is 705 g/mol. The topological polar surface area (TPSA) is 51.6 Å². The fraction of sp³-hybridized carbons (Fsp3) is 0.0370. The molecule has 0 atom stereocenters. The van der Waals surface area contributed by atoms with Gasteiger partial charge in [0.15, 0.2) is 17.5 Å². The molecule has 58 heavy (non-hydrogen) atoms. The van der Waals surface area contributed by atoms with Crippen molar-refractivity contribution in [2.75, 3.05) is 0 Å². The van der Waals surface area contributed by atoms with Crippen LogP contribution in [0.15, 0.2) is 194 Å². The van der Waals surface area contributed by atoms with Crippen molar-refractivity contribution < 1.29 is 0 Å². The van der Waals surface area contributed by atoms with Crippen molar-refractivity contribution in [2.45, 2.75) is 13.8 Å². The van der Waals surface area contributed by atoms with Crippen molar-refractivity contribution in [3.05, 3.63) is 206 Å². The molecule has 0 aliphatic heterocycles. The summed E-state index contributed by atoms with van der Waals surface area (Å²) in [5.41, 5.74) is 14.0. The Hall–Kier alpha value is -7.56. The first-order chi connectivity index (χ1) is 28.5. The molecule has 10 aromatic rings. The molecule has 0 spiro atoms. The second kappa shape index (κ2) is 14.8. The average molecular weight is 743 g/mol.